The average molecular weight is 409 g/mol. The molecule has 30 heavy (non-hydrogen) atoms. The molecule has 1 atom stereocenters. The summed E-state index contributed by atoms with van der Waals surface area (Å²) in [7, 11) is 1.60. The number of hydrogen-bond acceptors (Lipinski definition) is 5. The standard InChI is InChI=1S/C24H27NO5/c1-3-20(26)21-22(25(13-8-14-29-2)24(28)23(21)27)18-11-7-12-19(15-18)30-16-17-9-5-4-6-10-17/h4-7,9-12,15,22,27H,3,8,13-14,16H2,1-2H3. The summed E-state index contributed by atoms with van der Waals surface area (Å²) < 4.78 is 11.0. The summed E-state index contributed by atoms with van der Waals surface area (Å²) in [4.78, 5) is 26.8. The number of aliphatic hydroxyl groups is 1. The second-order valence-corrected chi connectivity index (χ2v) is 7.13. The molecule has 0 bridgehead atoms. The van der Waals surface area contributed by atoms with Crippen molar-refractivity contribution in [3.63, 3.8) is 0 Å². The van der Waals surface area contributed by atoms with Crippen molar-refractivity contribution in [2.24, 2.45) is 0 Å². The number of amides is 1. The van der Waals surface area contributed by atoms with Gasteiger partial charge in [0.25, 0.3) is 5.91 Å². The molecule has 1 heterocycles. The largest absolute Gasteiger partial charge is 0.503 e. The first-order valence-corrected chi connectivity index (χ1v) is 10.1. The van der Waals surface area contributed by atoms with E-state index in [0.29, 0.717) is 31.9 Å². The molecule has 2 aromatic carbocycles. The summed E-state index contributed by atoms with van der Waals surface area (Å²) in [6.07, 6.45) is 0.809. The highest BCUT2D eigenvalue weighted by Gasteiger charge is 2.42. The van der Waals surface area contributed by atoms with Crippen molar-refractivity contribution in [1.82, 2.24) is 4.90 Å². The fourth-order valence-electron chi connectivity index (χ4n) is 3.60. The Morgan fingerprint density at radius 1 is 1.13 bits per heavy atom. The van der Waals surface area contributed by atoms with Gasteiger partial charge in [-0.15, -0.1) is 0 Å². The Morgan fingerprint density at radius 3 is 2.60 bits per heavy atom. The van der Waals surface area contributed by atoms with Crippen molar-refractivity contribution in [3.05, 3.63) is 77.1 Å². The number of aliphatic hydroxyl groups excluding tert-OH is 1. The number of ether oxygens (including phenoxy) is 2. The van der Waals surface area contributed by atoms with E-state index in [-0.39, 0.29) is 17.8 Å². The molecule has 0 radical (unpaired) electrons. The van der Waals surface area contributed by atoms with Gasteiger partial charge in [-0.2, -0.15) is 0 Å². The highest BCUT2D eigenvalue weighted by molar-refractivity contribution is 6.08. The van der Waals surface area contributed by atoms with Gasteiger partial charge >= 0.3 is 0 Å². The van der Waals surface area contributed by atoms with Crippen LogP contribution in [0.2, 0.25) is 0 Å². The Balaban J connectivity index is 1.88. The van der Waals surface area contributed by atoms with Crippen LogP contribution >= 0.6 is 0 Å². The van der Waals surface area contributed by atoms with Gasteiger partial charge in [-0.3, -0.25) is 9.59 Å². The molecule has 0 fully saturated rings. The van der Waals surface area contributed by atoms with Crippen LogP contribution in [0.15, 0.2) is 65.9 Å². The van der Waals surface area contributed by atoms with E-state index in [0.717, 1.165) is 11.1 Å². The van der Waals surface area contributed by atoms with Crippen LogP contribution in [0.1, 0.15) is 36.9 Å². The van der Waals surface area contributed by atoms with E-state index in [4.69, 9.17) is 9.47 Å². The van der Waals surface area contributed by atoms with Crippen LogP contribution in [0, 0.1) is 0 Å². The second kappa shape index (κ2) is 10.1. The smallest absolute Gasteiger partial charge is 0.290 e. The Labute approximate surface area is 176 Å². The topological polar surface area (TPSA) is 76.1 Å². The van der Waals surface area contributed by atoms with Gasteiger partial charge in [0.15, 0.2) is 11.5 Å². The Morgan fingerprint density at radius 2 is 1.90 bits per heavy atom. The van der Waals surface area contributed by atoms with Crippen molar-refractivity contribution in [3.8, 4) is 5.75 Å². The van der Waals surface area contributed by atoms with Gasteiger partial charge in [0.2, 0.25) is 0 Å². The summed E-state index contributed by atoms with van der Waals surface area (Å²) >= 11 is 0. The van der Waals surface area contributed by atoms with E-state index in [2.05, 4.69) is 0 Å². The minimum atomic E-state index is -0.637. The third-order valence-corrected chi connectivity index (χ3v) is 5.09. The number of carbonyl (C=O) groups is 2. The van der Waals surface area contributed by atoms with Crippen LogP contribution in [-0.4, -0.2) is 42.0 Å². The molecule has 1 aliphatic rings. The summed E-state index contributed by atoms with van der Waals surface area (Å²) in [5.74, 6) is -0.589. The number of benzene rings is 2. The highest BCUT2D eigenvalue weighted by atomic mass is 16.5. The Hall–Kier alpha value is -3.12. The lowest BCUT2D eigenvalue weighted by Crippen LogP contribution is -2.32. The van der Waals surface area contributed by atoms with Crippen molar-refractivity contribution >= 4 is 11.7 Å². The van der Waals surface area contributed by atoms with Crippen LogP contribution in [-0.2, 0) is 20.9 Å². The first-order chi connectivity index (χ1) is 14.6. The van der Waals surface area contributed by atoms with Crippen LogP contribution in [0.25, 0.3) is 0 Å². The molecule has 1 unspecified atom stereocenters. The van der Waals surface area contributed by atoms with Gasteiger partial charge < -0.3 is 19.5 Å². The molecule has 0 aromatic heterocycles. The van der Waals surface area contributed by atoms with Gasteiger partial charge in [-0.1, -0.05) is 49.4 Å². The average Bonchev–Trinajstić information content (AvgIpc) is 3.03. The third-order valence-electron chi connectivity index (χ3n) is 5.09. The lowest BCUT2D eigenvalue weighted by Gasteiger charge is -2.27. The van der Waals surface area contributed by atoms with Crippen LogP contribution < -0.4 is 4.74 Å². The van der Waals surface area contributed by atoms with E-state index >= 15 is 0 Å². The van der Waals surface area contributed by atoms with Gasteiger partial charge in [0.05, 0.1) is 11.6 Å². The molecule has 1 N–H and O–H groups in total. The quantitative estimate of drug-likeness (QED) is 0.601. The molecule has 1 aliphatic heterocycles. The summed E-state index contributed by atoms with van der Waals surface area (Å²) in [6, 6.07) is 16.5. The predicted molar refractivity (Wildman–Crippen MR) is 113 cm³/mol. The third kappa shape index (κ3) is 4.71. The lowest BCUT2D eigenvalue weighted by atomic mass is 9.95. The predicted octanol–water partition coefficient (Wildman–Crippen LogP) is 3.98. The van der Waals surface area contributed by atoms with Crippen molar-refractivity contribution in [2.75, 3.05) is 20.3 Å². The van der Waals surface area contributed by atoms with Crippen molar-refractivity contribution < 1.29 is 24.2 Å². The summed E-state index contributed by atoms with van der Waals surface area (Å²) in [5, 5.41) is 10.4. The molecular weight excluding hydrogens is 382 g/mol. The maximum Gasteiger partial charge on any atom is 0.290 e. The van der Waals surface area contributed by atoms with Gasteiger partial charge in [0, 0.05) is 26.7 Å². The molecule has 6 nitrogen and oxygen atoms in total. The number of nitrogens with zero attached hydrogens (tertiary/aromatic N) is 1. The Kier molecular flexibility index (Phi) is 7.25. The maximum atomic E-state index is 12.7. The molecule has 6 heteroatoms. The summed E-state index contributed by atoms with van der Waals surface area (Å²) in [6.45, 7) is 2.98. The number of carbonyl (C=O) groups excluding carboxylic acids is 2. The van der Waals surface area contributed by atoms with E-state index < -0.39 is 17.7 Å². The van der Waals surface area contributed by atoms with Crippen LogP contribution in [0.5, 0.6) is 5.75 Å². The highest BCUT2D eigenvalue weighted by Crippen LogP contribution is 2.39. The summed E-state index contributed by atoms with van der Waals surface area (Å²) in [5.41, 5.74) is 1.92. The zero-order valence-corrected chi connectivity index (χ0v) is 17.3. The number of rotatable bonds is 10. The first-order valence-electron chi connectivity index (χ1n) is 10.1. The fourth-order valence-corrected chi connectivity index (χ4v) is 3.60. The zero-order valence-electron chi connectivity index (χ0n) is 17.3. The van der Waals surface area contributed by atoms with Gasteiger partial charge in [-0.05, 0) is 29.7 Å². The molecule has 3 rings (SSSR count). The molecule has 0 spiro atoms. The monoisotopic (exact) mass is 409 g/mol. The molecule has 2 aromatic rings. The molecule has 1 amide bonds. The molecular formula is C24H27NO5. The Bertz CT molecular complexity index is 922. The minimum Gasteiger partial charge on any atom is -0.503 e. The normalized spacial score (nSPS) is 16.3. The number of ketones is 1. The molecule has 0 saturated carbocycles. The van der Waals surface area contributed by atoms with E-state index in [1.165, 1.54) is 4.90 Å². The number of methoxy groups -OCH3 is 1. The van der Waals surface area contributed by atoms with Crippen molar-refractivity contribution in [2.45, 2.75) is 32.4 Å². The SMILES string of the molecule is CCC(=O)C1=C(O)C(=O)N(CCCOC)C1c1cccc(OCc2ccccc2)c1. The minimum absolute atomic E-state index is 0.153. The maximum absolute atomic E-state index is 12.7. The number of Topliss-reactive ketones (excluding diaryl/α,β-unsaturated/α-hetero) is 1. The van der Waals surface area contributed by atoms with E-state index in [1.54, 1.807) is 14.0 Å². The molecule has 0 aliphatic carbocycles. The van der Waals surface area contributed by atoms with Crippen molar-refractivity contribution in [1.29, 1.82) is 0 Å². The van der Waals surface area contributed by atoms with Gasteiger partial charge in [-0.25, -0.2) is 0 Å². The molecule has 158 valence electrons. The van der Waals surface area contributed by atoms with E-state index in [9.17, 15) is 14.7 Å². The van der Waals surface area contributed by atoms with E-state index in [1.807, 2.05) is 54.6 Å². The zero-order chi connectivity index (χ0) is 21.5. The first kappa shape index (κ1) is 21.6. The second-order valence-electron chi connectivity index (χ2n) is 7.13. The molecule has 0 saturated heterocycles. The van der Waals surface area contributed by atoms with Crippen LogP contribution in [0.4, 0.5) is 0 Å². The fraction of sp³-hybridized carbons (Fsp3) is 0.333. The van der Waals surface area contributed by atoms with Crippen LogP contribution in [0.3, 0.4) is 0 Å². The number of hydrogen-bond donors (Lipinski definition) is 1. The lowest BCUT2D eigenvalue weighted by molar-refractivity contribution is -0.129. The van der Waals surface area contributed by atoms with Gasteiger partial charge in [0.1, 0.15) is 12.4 Å².